The average Bonchev–Trinajstić information content (AvgIpc) is 2.36. The van der Waals surface area contributed by atoms with Gasteiger partial charge in [-0.2, -0.15) is 5.10 Å². The molecule has 0 atom stereocenters. The Hall–Kier alpha value is -1.23. The highest BCUT2D eigenvalue weighted by molar-refractivity contribution is 5.71. The van der Waals surface area contributed by atoms with Gasteiger partial charge < -0.3 is 4.74 Å². The fourth-order valence-corrected chi connectivity index (χ4v) is 0.364. The molecule has 4 nitrogen and oxygen atoms in total. The molecule has 1 heterocycles. The Balaban J connectivity index is 0.000000292. The SMILES string of the molecule is COC.O=Cc1[nH]ncc1F. The number of aromatic amines is 1. The summed E-state index contributed by atoms with van der Waals surface area (Å²) in [6.45, 7) is 0. The third-order valence-electron chi connectivity index (χ3n) is 0.738. The van der Waals surface area contributed by atoms with Gasteiger partial charge in [-0.3, -0.25) is 9.89 Å². The number of hydrogen-bond donors (Lipinski definition) is 1. The van der Waals surface area contributed by atoms with E-state index in [-0.39, 0.29) is 5.69 Å². The molecule has 1 N–H and O–H groups in total. The molecule has 0 saturated carbocycles. The smallest absolute Gasteiger partial charge is 0.171 e. The summed E-state index contributed by atoms with van der Waals surface area (Å²) in [5, 5.41) is 5.42. The number of methoxy groups -OCH3 is 1. The normalized spacial score (nSPS) is 8.27. The minimum absolute atomic E-state index is 0.106. The van der Waals surface area contributed by atoms with Crippen LogP contribution in [0.1, 0.15) is 10.5 Å². The van der Waals surface area contributed by atoms with E-state index in [9.17, 15) is 9.18 Å². The van der Waals surface area contributed by atoms with Crippen LogP contribution in [-0.4, -0.2) is 30.7 Å². The minimum atomic E-state index is -0.611. The number of carbonyl (C=O) groups is 1. The first-order chi connectivity index (χ1) is 5.26. The van der Waals surface area contributed by atoms with Crippen molar-refractivity contribution < 1.29 is 13.9 Å². The summed E-state index contributed by atoms with van der Waals surface area (Å²) in [6, 6.07) is 0. The summed E-state index contributed by atoms with van der Waals surface area (Å²) >= 11 is 0. The lowest BCUT2D eigenvalue weighted by Crippen LogP contribution is -1.81. The highest BCUT2D eigenvalue weighted by Crippen LogP contribution is 1.95. The molecule has 0 aromatic carbocycles. The van der Waals surface area contributed by atoms with Crippen molar-refractivity contribution in [3.8, 4) is 0 Å². The molecule has 0 spiro atoms. The molecule has 1 aromatic heterocycles. The van der Waals surface area contributed by atoms with E-state index < -0.39 is 5.82 Å². The van der Waals surface area contributed by atoms with Crippen LogP contribution in [0, 0.1) is 5.82 Å². The molecule has 1 aromatic rings. The molecule has 11 heavy (non-hydrogen) atoms. The number of aldehydes is 1. The first-order valence-corrected chi connectivity index (χ1v) is 2.80. The second-order valence-electron chi connectivity index (χ2n) is 1.66. The van der Waals surface area contributed by atoms with E-state index in [1.807, 2.05) is 0 Å². The molecule has 0 saturated heterocycles. The van der Waals surface area contributed by atoms with Gasteiger partial charge in [0.25, 0.3) is 0 Å². The summed E-state index contributed by atoms with van der Waals surface area (Å²) in [5.74, 6) is -0.611. The van der Waals surface area contributed by atoms with Gasteiger partial charge in [0.1, 0.15) is 5.69 Å². The number of H-pyrrole nitrogens is 1. The predicted molar refractivity (Wildman–Crippen MR) is 36.9 cm³/mol. The maximum Gasteiger partial charge on any atom is 0.171 e. The summed E-state index contributed by atoms with van der Waals surface area (Å²) < 4.78 is 16.3. The van der Waals surface area contributed by atoms with Gasteiger partial charge in [-0.1, -0.05) is 0 Å². The highest BCUT2D eigenvalue weighted by atomic mass is 19.1. The number of rotatable bonds is 1. The quantitative estimate of drug-likeness (QED) is 0.613. The van der Waals surface area contributed by atoms with E-state index in [2.05, 4.69) is 14.9 Å². The number of nitrogens with one attached hydrogen (secondary N) is 1. The number of ether oxygens (including phenoxy) is 1. The molecular formula is C6H9FN2O2. The van der Waals surface area contributed by atoms with Gasteiger partial charge in [0.05, 0.1) is 6.20 Å². The Bertz CT molecular complexity index is 212. The first kappa shape index (κ1) is 9.77. The number of halogens is 1. The van der Waals surface area contributed by atoms with Crippen LogP contribution in [0.25, 0.3) is 0 Å². The molecule has 0 aliphatic heterocycles. The van der Waals surface area contributed by atoms with Crippen molar-refractivity contribution in [1.82, 2.24) is 10.2 Å². The lowest BCUT2D eigenvalue weighted by molar-refractivity contribution is 0.111. The molecule has 0 fully saturated rings. The average molecular weight is 160 g/mol. The van der Waals surface area contributed by atoms with Gasteiger partial charge in [0, 0.05) is 14.2 Å². The van der Waals surface area contributed by atoms with Crippen molar-refractivity contribution in [1.29, 1.82) is 0 Å². The van der Waals surface area contributed by atoms with Crippen molar-refractivity contribution in [2.24, 2.45) is 0 Å². The van der Waals surface area contributed by atoms with Crippen LogP contribution in [0.4, 0.5) is 4.39 Å². The zero-order valence-electron chi connectivity index (χ0n) is 6.30. The molecule has 62 valence electrons. The summed E-state index contributed by atoms with van der Waals surface area (Å²) in [6.07, 6.45) is 1.33. The van der Waals surface area contributed by atoms with Crippen LogP contribution >= 0.6 is 0 Å². The highest BCUT2D eigenvalue weighted by Gasteiger charge is 1.98. The fraction of sp³-hybridized carbons (Fsp3) is 0.333. The second-order valence-corrected chi connectivity index (χ2v) is 1.66. The lowest BCUT2D eigenvalue weighted by atomic mass is 10.5. The van der Waals surface area contributed by atoms with Gasteiger partial charge in [0.15, 0.2) is 12.1 Å². The Labute approximate surface area is 63.4 Å². The van der Waals surface area contributed by atoms with Crippen LogP contribution in [0.3, 0.4) is 0 Å². The van der Waals surface area contributed by atoms with E-state index in [1.165, 1.54) is 0 Å². The zero-order valence-corrected chi connectivity index (χ0v) is 6.30. The van der Waals surface area contributed by atoms with Gasteiger partial charge in [-0.05, 0) is 0 Å². The van der Waals surface area contributed by atoms with Crippen LogP contribution in [0.2, 0.25) is 0 Å². The van der Waals surface area contributed by atoms with Gasteiger partial charge in [-0.15, -0.1) is 0 Å². The third-order valence-corrected chi connectivity index (χ3v) is 0.738. The Morgan fingerprint density at radius 2 is 2.27 bits per heavy atom. The first-order valence-electron chi connectivity index (χ1n) is 2.80. The van der Waals surface area contributed by atoms with Gasteiger partial charge in [0.2, 0.25) is 0 Å². The summed E-state index contributed by atoms with van der Waals surface area (Å²) in [5.41, 5.74) is -0.106. The molecule has 5 heteroatoms. The number of carbonyl (C=O) groups excluding carboxylic acids is 1. The summed E-state index contributed by atoms with van der Waals surface area (Å²) in [7, 11) is 3.25. The standard InChI is InChI=1S/C4H3FN2O.C2H6O/c5-3-1-6-7-4(3)2-8;1-3-2/h1-2H,(H,6,7);1-2H3. The zero-order chi connectivity index (χ0) is 8.69. The molecule has 0 unspecified atom stereocenters. The lowest BCUT2D eigenvalue weighted by Gasteiger charge is -1.74. The van der Waals surface area contributed by atoms with Crippen LogP contribution in [0.15, 0.2) is 6.20 Å². The van der Waals surface area contributed by atoms with Crippen LogP contribution in [-0.2, 0) is 4.74 Å². The predicted octanol–water partition coefficient (Wildman–Crippen LogP) is 0.624. The third kappa shape index (κ3) is 3.47. The van der Waals surface area contributed by atoms with E-state index in [0.29, 0.717) is 6.29 Å². The monoisotopic (exact) mass is 160 g/mol. The topological polar surface area (TPSA) is 55.0 Å². The van der Waals surface area contributed by atoms with Gasteiger partial charge >= 0.3 is 0 Å². The number of nitrogens with zero attached hydrogens (tertiary/aromatic N) is 1. The van der Waals surface area contributed by atoms with Crippen molar-refractivity contribution in [2.45, 2.75) is 0 Å². The molecule has 0 bridgehead atoms. The molecule has 0 amide bonds. The van der Waals surface area contributed by atoms with Crippen LogP contribution < -0.4 is 0 Å². The molecule has 0 aliphatic rings. The van der Waals surface area contributed by atoms with E-state index in [1.54, 1.807) is 14.2 Å². The van der Waals surface area contributed by atoms with E-state index in [0.717, 1.165) is 6.20 Å². The minimum Gasteiger partial charge on any atom is -0.388 e. The Morgan fingerprint density at radius 1 is 1.73 bits per heavy atom. The van der Waals surface area contributed by atoms with Crippen molar-refractivity contribution in [3.63, 3.8) is 0 Å². The van der Waals surface area contributed by atoms with Crippen molar-refractivity contribution in [2.75, 3.05) is 14.2 Å². The Kier molecular flexibility index (Phi) is 4.93. The summed E-state index contributed by atoms with van der Waals surface area (Å²) in [4.78, 5) is 9.78. The molecule has 0 radical (unpaired) electrons. The van der Waals surface area contributed by atoms with Crippen molar-refractivity contribution >= 4 is 6.29 Å². The molecular weight excluding hydrogens is 151 g/mol. The number of hydrogen-bond acceptors (Lipinski definition) is 3. The molecule has 0 aliphatic carbocycles. The maximum atomic E-state index is 12.0. The van der Waals surface area contributed by atoms with Crippen LogP contribution in [0.5, 0.6) is 0 Å². The van der Waals surface area contributed by atoms with Crippen molar-refractivity contribution in [3.05, 3.63) is 17.7 Å². The van der Waals surface area contributed by atoms with E-state index >= 15 is 0 Å². The largest absolute Gasteiger partial charge is 0.388 e. The number of aromatic nitrogens is 2. The fourth-order valence-electron chi connectivity index (χ4n) is 0.364. The Morgan fingerprint density at radius 3 is 2.45 bits per heavy atom. The van der Waals surface area contributed by atoms with E-state index in [4.69, 9.17) is 0 Å². The van der Waals surface area contributed by atoms with Gasteiger partial charge in [-0.25, -0.2) is 4.39 Å². The molecule has 1 rings (SSSR count). The maximum absolute atomic E-state index is 12.0. The second kappa shape index (κ2) is 5.55.